The van der Waals surface area contributed by atoms with Gasteiger partial charge < -0.3 is 0 Å². The van der Waals surface area contributed by atoms with Crippen LogP contribution < -0.4 is 0 Å². The van der Waals surface area contributed by atoms with Crippen molar-refractivity contribution < 1.29 is 0 Å². The standard InChI is InChI=1S/C13H16N2/c1-2-13(7-8-14)15-9-11-5-3-4-6-12(11)10-15/h3-6,13H,2,7,9-10H2,1H3. The van der Waals surface area contributed by atoms with Crippen LogP contribution in [0.25, 0.3) is 0 Å². The first-order valence-electron chi connectivity index (χ1n) is 5.53. The molecule has 2 nitrogen and oxygen atoms in total. The molecule has 2 rings (SSSR count). The van der Waals surface area contributed by atoms with Crippen LogP contribution in [0.15, 0.2) is 24.3 Å². The molecule has 1 aromatic rings. The molecule has 1 heterocycles. The summed E-state index contributed by atoms with van der Waals surface area (Å²) < 4.78 is 0. The summed E-state index contributed by atoms with van der Waals surface area (Å²) in [4.78, 5) is 2.41. The lowest BCUT2D eigenvalue weighted by Gasteiger charge is -2.23. The predicted molar refractivity (Wildman–Crippen MR) is 60.0 cm³/mol. The molecule has 0 amide bonds. The van der Waals surface area contributed by atoms with Crippen LogP contribution in [0.1, 0.15) is 30.9 Å². The van der Waals surface area contributed by atoms with E-state index in [4.69, 9.17) is 5.26 Å². The summed E-state index contributed by atoms with van der Waals surface area (Å²) >= 11 is 0. The molecule has 1 aliphatic heterocycles. The van der Waals surface area contributed by atoms with Crippen LogP contribution in [0.3, 0.4) is 0 Å². The Morgan fingerprint density at radius 1 is 1.33 bits per heavy atom. The fraction of sp³-hybridized carbons (Fsp3) is 0.462. The third-order valence-electron chi connectivity index (χ3n) is 3.18. The fourth-order valence-corrected chi connectivity index (χ4v) is 2.25. The molecule has 0 aromatic heterocycles. The van der Waals surface area contributed by atoms with E-state index in [9.17, 15) is 0 Å². The molecule has 0 bridgehead atoms. The van der Waals surface area contributed by atoms with Crippen molar-refractivity contribution >= 4 is 0 Å². The molecule has 2 heteroatoms. The summed E-state index contributed by atoms with van der Waals surface area (Å²) in [6.07, 6.45) is 1.70. The smallest absolute Gasteiger partial charge is 0.0638 e. The fourth-order valence-electron chi connectivity index (χ4n) is 2.25. The van der Waals surface area contributed by atoms with Gasteiger partial charge in [0, 0.05) is 19.1 Å². The molecule has 0 saturated heterocycles. The van der Waals surface area contributed by atoms with E-state index in [-0.39, 0.29) is 0 Å². The van der Waals surface area contributed by atoms with Crippen LogP contribution >= 0.6 is 0 Å². The minimum Gasteiger partial charge on any atom is -0.291 e. The molecule has 1 aromatic carbocycles. The highest BCUT2D eigenvalue weighted by atomic mass is 15.2. The molecule has 0 N–H and O–H groups in total. The van der Waals surface area contributed by atoms with Crippen molar-refractivity contribution in [1.29, 1.82) is 5.26 Å². The minimum atomic E-state index is 0.419. The van der Waals surface area contributed by atoms with Crippen LogP contribution in [0.4, 0.5) is 0 Å². The number of hydrogen-bond donors (Lipinski definition) is 0. The highest BCUT2D eigenvalue weighted by Gasteiger charge is 2.23. The average Bonchev–Trinajstić information content (AvgIpc) is 2.69. The molecular weight excluding hydrogens is 184 g/mol. The van der Waals surface area contributed by atoms with Gasteiger partial charge in [0.05, 0.1) is 12.5 Å². The average molecular weight is 200 g/mol. The van der Waals surface area contributed by atoms with E-state index in [0.29, 0.717) is 12.5 Å². The van der Waals surface area contributed by atoms with E-state index < -0.39 is 0 Å². The number of rotatable bonds is 3. The van der Waals surface area contributed by atoms with Crippen molar-refractivity contribution in [2.75, 3.05) is 0 Å². The number of benzene rings is 1. The largest absolute Gasteiger partial charge is 0.291 e. The normalized spacial score (nSPS) is 17.1. The van der Waals surface area contributed by atoms with Crippen molar-refractivity contribution in [3.05, 3.63) is 35.4 Å². The molecule has 1 atom stereocenters. The lowest BCUT2D eigenvalue weighted by Crippen LogP contribution is -2.29. The first-order chi connectivity index (χ1) is 7.35. The van der Waals surface area contributed by atoms with Gasteiger partial charge in [0.25, 0.3) is 0 Å². The summed E-state index contributed by atoms with van der Waals surface area (Å²) in [5.74, 6) is 0. The Bertz CT molecular complexity index is 353. The van der Waals surface area contributed by atoms with Crippen molar-refractivity contribution in [2.45, 2.75) is 38.9 Å². The molecule has 1 unspecified atom stereocenters. The third-order valence-corrected chi connectivity index (χ3v) is 3.18. The summed E-state index contributed by atoms with van der Waals surface area (Å²) in [6, 6.07) is 11.3. The van der Waals surface area contributed by atoms with E-state index >= 15 is 0 Å². The monoisotopic (exact) mass is 200 g/mol. The Kier molecular flexibility index (Phi) is 3.03. The van der Waals surface area contributed by atoms with E-state index in [1.807, 2.05) is 0 Å². The van der Waals surface area contributed by atoms with Gasteiger partial charge in [0.2, 0.25) is 0 Å². The molecule has 78 valence electrons. The van der Waals surface area contributed by atoms with Crippen LogP contribution in [-0.2, 0) is 13.1 Å². The van der Waals surface area contributed by atoms with E-state index in [1.54, 1.807) is 0 Å². The Morgan fingerprint density at radius 2 is 1.93 bits per heavy atom. The van der Waals surface area contributed by atoms with Crippen LogP contribution in [0.2, 0.25) is 0 Å². The van der Waals surface area contributed by atoms with Gasteiger partial charge >= 0.3 is 0 Å². The summed E-state index contributed by atoms with van der Waals surface area (Å²) in [6.45, 7) is 4.18. The number of hydrogen-bond acceptors (Lipinski definition) is 2. The van der Waals surface area contributed by atoms with Crippen molar-refractivity contribution in [1.82, 2.24) is 4.90 Å². The highest BCUT2D eigenvalue weighted by Crippen LogP contribution is 2.25. The molecule has 0 saturated carbocycles. The Hall–Kier alpha value is -1.33. The van der Waals surface area contributed by atoms with Crippen molar-refractivity contribution in [2.24, 2.45) is 0 Å². The Labute approximate surface area is 91.1 Å². The maximum absolute atomic E-state index is 8.77. The lowest BCUT2D eigenvalue weighted by atomic mass is 10.1. The maximum Gasteiger partial charge on any atom is 0.0638 e. The van der Waals surface area contributed by atoms with E-state index in [1.165, 1.54) is 11.1 Å². The van der Waals surface area contributed by atoms with Crippen LogP contribution in [0, 0.1) is 11.3 Å². The quantitative estimate of drug-likeness (QED) is 0.750. The molecule has 0 aliphatic carbocycles. The van der Waals surface area contributed by atoms with Gasteiger partial charge in [-0.15, -0.1) is 0 Å². The zero-order chi connectivity index (χ0) is 10.7. The molecule has 0 radical (unpaired) electrons. The van der Waals surface area contributed by atoms with Crippen molar-refractivity contribution in [3.63, 3.8) is 0 Å². The number of fused-ring (bicyclic) bond motifs is 1. The van der Waals surface area contributed by atoms with Crippen LogP contribution in [-0.4, -0.2) is 10.9 Å². The van der Waals surface area contributed by atoms with E-state index in [0.717, 1.165) is 19.5 Å². The van der Waals surface area contributed by atoms with Gasteiger partial charge in [-0.05, 0) is 17.5 Å². The number of nitrogens with zero attached hydrogens (tertiary/aromatic N) is 2. The predicted octanol–water partition coefficient (Wildman–Crippen LogP) is 2.69. The molecule has 0 spiro atoms. The third kappa shape index (κ3) is 2.03. The summed E-state index contributed by atoms with van der Waals surface area (Å²) in [7, 11) is 0. The van der Waals surface area contributed by atoms with Gasteiger partial charge in [-0.2, -0.15) is 5.26 Å². The highest BCUT2D eigenvalue weighted by molar-refractivity contribution is 5.30. The maximum atomic E-state index is 8.77. The number of nitriles is 1. The molecule has 0 fully saturated rings. The Balaban J connectivity index is 2.09. The van der Waals surface area contributed by atoms with Gasteiger partial charge in [0.1, 0.15) is 0 Å². The van der Waals surface area contributed by atoms with Gasteiger partial charge in [-0.3, -0.25) is 4.90 Å². The second kappa shape index (κ2) is 4.46. The second-order valence-corrected chi connectivity index (χ2v) is 4.10. The summed E-state index contributed by atoms with van der Waals surface area (Å²) in [5.41, 5.74) is 2.85. The van der Waals surface area contributed by atoms with E-state index in [2.05, 4.69) is 42.2 Å². The SMILES string of the molecule is CCC(CC#N)N1Cc2ccccc2C1. The second-order valence-electron chi connectivity index (χ2n) is 4.10. The topological polar surface area (TPSA) is 27.0 Å². The zero-order valence-electron chi connectivity index (χ0n) is 9.11. The molecule has 1 aliphatic rings. The molecular formula is C13H16N2. The minimum absolute atomic E-state index is 0.419. The van der Waals surface area contributed by atoms with Crippen molar-refractivity contribution in [3.8, 4) is 6.07 Å². The first kappa shape index (κ1) is 10.2. The Morgan fingerprint density at radius 3 is 2.40 bits per heavy atom. The lowest BCUT2D eigenvalue weighted by molar-refractivity contribution is 0.196. The summed E-state index contributed by atoms with van der Waals surface area (Å²) in [5, 5.41) is 8.77. The van der Waals surface area contributed by atoms with Gasteiger partial charge in [0.15, 0.2) is 0 Å². The zero-order valence-corrected chi connectivity index (χ0v) is 9.11. The van der Waals surface area contributed by atoms with Gasteiger partial charge in [-0.25, -0.2) is 0 Å². The van der Waals surface area contributed by atoms with Gasteiger partial charge in [-0.1, -0.05) is 31.2 Å². The van der Waals surface area contributed by atoms with Crippen LogP contribution in [0.5, 0.6) is 0 Å². The molecule has 15 heavy (non-hydrogen) atoms. The first-order valence-corrected chi connectivity index (χ1v) is 5.53.